The smallest absolute Gasteiger partial charge is 0.110 e. The SMILES string of the molecule is CCCCCC(C)(N)O.Cl. The van der Waals surface area contributed by atoms with Gasteiger partial charge < -0.3 is 10.8 Å². The average Bonchev–Trinajstić information content (AvgIpc) is 1.63. The third-order valence-electron chi connectivity index (χ3n) is 1.29. The van der Waals surface area contributed by atoms with E-state index in [1.54, 1.807) is 6.92 Å². The molecule has 0 aliphatic rings. The molecule has 0 saturated heterocycles. The maximum absolute atomic E-state index is 9.02. The van der Waals surface area contributed by atoms with E-state index in [-0.39, 0.29) is 12.4 Å². The number of aliphatic hydroxyl groups is 1. The van der Waals surface area contributed by atoms with E-state index >= 15 is 0 Å². The molecule has 3 N–H and O–H groups in total. The largest absolute Gasteiger partial charge is 0.376 e. The minimum atomic E-state index is -0.949. The van der Waals surface area contributed by atoms with E-state index in [0.29, 0.717) is 6.42 Å². The van der Waals surface area contributed by atoms with Crippen molar-refractivity contribution < 1.29 is 5.11 Å². The van der Waals surface area contributed by atoms with Crippen LogP contribution in [0.15, 0.2) is 0 Å². The molecule has 0 radical (unpaired) electrons. The van der Waals surface area contributed by atoms with Crippen molar-refractivity contribution >= 4 is 12.4 Å². The molecule has 0 aromatic carbocycles. The lowest BCUT2D eigenvalue weighted by Crippen LogP contribution is -2.35. The molecule has 0 bridgehead atoms. The predicted octanol–water partition coefficient (Wildman–Crippen LogP) is 1.66. The van der Waals surface area contributed by atoms with Crippen LogP contribution in [0.5, 0.6) is 0 Å². The maximum atomic E-state index is 9.02. The van der Waals surface area contributed by atoms with Crippen LogP contribution in [-0.4, -0.2) is 10.8 Å². The summed E-state index contributed by atoms with van der Waals surface area (Å²) < 4.78 is 0. The highest BCUT2D eigenvalue weighted by atomic mass is 35.5. The zero-order valence-corrected chi connectivity index (χ0v) is 7.58. The van der Waals surface area contributed by atoms with Crippen LogP contribution in [0.3, 0.4) is 0 Å². The van der Waals surface area contributed by atoms with E-state index in [2.05, 4.69) is 6.92 Å². The Hall–Kier alpha value is 0.210. The molecular weight excluding hydrogens is 150 g/mol. The third kappa shape index (κ3) is 11.1. The molecular formula is C7H18ClNO. The summed E-state index contributed by atoms with van der Waals surface area (Å²) in [6.45, 7) is 3.77. The van der Waals surface area contributed by atoms with E-state index in [0.717, 1.165) is 12.8 Å². The zero-order valence-electron chi connectivity index (χ0n) is 6.76. The van der Waals surface area contributed by atoms with Crippen LogP contribution in [0.2, 0.25) is 0 Å². The van der Waals surface area contributed by atoms with E-state index in [9.17, 15) is 0 Å². The fourth-order valence-electron chi connectivity index (χ4n) is 0.733. The summed E-state index contributed by atoms with van der Waals surface area (Å²) in [6, 6.07) is 0. The molecule has 1 unspecified atom stereocenters. The Balaban J connectivity index is 0. The summed E-state index contributed by atoms with van der Waals surface area (Å²) in [4.78, 5) is 0. The number of nitrogens with two attached hydrogens (primary N) is 1. The Morgan fingerprint density at radius 2 is 1.90 bits per heavy atom. The second-order valence-electron chi connectivity index (χ2n) is 2.81. The second kappa shape index (κ2) is 5.96. The number of rotatable bonds is 4. The molecule has 0 aliphatic carbocycles. The Morgan fingerprint density at radius 1 is 1.40 bits per heavy atom. The Bertz CT molecular complexity index is 70.5. The van der Waals surface area contributed by atoms with Crippen molar-refractivity contribution in [3.63, 3.8) is 0 Å². The fourth-order valence-corrected chi connectivity index (χ4v) is 0.733. The van der Waals surface area contributed by atoms with Gasteiger partial charge in [-0.3, -0.25) is 0 Å². The van der Waals surface area contributed by atoms with Crippen molar-refractivity contribution in [2.75, 3.05) is 0 Å². The average molecular weight is 168 g/mol. The molecule has 0 spiro atoms. The molecule has 0 aromatic rings. The molecule has 0 fully saturated rings. The quantitative estimate of drug-likeness (QED) is 0.494. The van der Waals surface area contributed by atoms with Crippen LogP contribution in [0.25, 0.3) is 0 Å². The van der Waals surface area contributed by atoms with Gasteiger partial charge in [-0.2, -0.15) is 0 Å². The van der Waals surface area contributed by atoms with Gasteiger partial charge in [0.1, 0.15) is 5.72 Å². The van der Waals surface area contributed by atoms with Crippen molar-refractivity contribution in [2.45, 2.75) is 45.3 Å². The van der Waals surface area contributed by atoms with Crippen LogP contribution in [-0.2, 0) is 0 Å². The van der Waals surface area contributed by atoms with Gasteiger partial charge in [0, 0.05) is 0 Å². The lowest BCUT2D eigenvalue weighted by molar-refractivity contribution is 0.0552. The summed E-state index contributed by atoms with van der Waals surface area (Å²) >= 11 is 0. The third-order valence-corrected chi connectivity index (χ3v) is 1.29. The summed E-state index contributed by atoms with van der Waals surface area (Å²) in [7, 11) is 0. The highest BCUT2D eigenvalue weighted by molar-refractivity contribution is 5.85. The van der Waals surface area contributed by atoms with Gasteiger partial charge in [-0.15, -0.1) is 12.4 Å². The van der Waals surface area contributed by atoms with Crippen LogP contribution in [0.4, 0.5) is 0 Å². The van der Waals surface area contributed by atoms with Crippen LogP contribution >= 0.6 is 12.4 Å². The summed E-state index contributed by atoms with van der Waals surface area (Å²) in [6.07, 6.45) is 4.07. The van der Waals surface area contributed by atoms with Gasteiger partial charge in [0.25, 0.3) is 0 Å². The van der Waals surface area contributed by atoms with Gasteiger partial charge >= 0.3 is 0 Å². The maximum Gasteiger partial charge on any atom is 0.110 e. The standard InChI is InChI=1S/C7H17NO.ClH/c1-3-4-5-6-7(2,8)9;/h9H,3-6,8H2,1-2H3;1H. The monoisotopic (exact) mass is 167 g/mol. The highest BCUT2D eigenvalue weighted by Crippen LogP contribution is 2.07. The van der Waals surface area contributed by atoms with Gasteiger partial charge in [-0.05, 0) is 19.8 Å². The van der Waals surface area contributed by atoms with E-state index < -0.39 is 5.72 Å². The van der Waals surface area contributed by atoms with Crippen molar-refractivity contribution in [3.05, 3.63) is 0 Å². The highest BCUT2D eigenvalue weighted by Gasteiger charge is 2.10. The van der Waals surface area contributed by atoms with Gasteiger partial charge in [0.15, 0.2) is 0 Å². The van der Waals surface area contributed by atoms with Crippen molar-refractivity contribution in [3.8, 4) is 0 Å². The first kappa shape index (κ1) is 12.8. The molecule has 2 nitrogen and oxygen atoms in total. The Kier molecular flexibility index (Phi) is 7.65. The molecule has 0 aromatic heterocycles. The van der Waals surface area contributed by atoms with Gasteiger partial charge in [0.05, 0.1) is 0 Å². The molecule has 0 aliphatic heterocycles. The van der Waals surface area contributed by atoms with E-state index in [1.807, 2.05) is 0 Å². The number of hydrogen-bond donors (Lipinski definition) is 2. The Morgan fingerprint density at radius 3 is 2.20 bits per heavy atom. The van der Waals surface area contributed by atoms with Crippen molar-refractivity contribution in [1.82, 2.24) is 0 Å². The summed E-state index contributed by atoms with van der Waals surface area (Å²) in [5.41, 5.74) is 4.38. The first-order valence-electron chi connectivity index (χ1n) is 3.57. The van der Waals surface area contributed by atoms with Gasteiger partial charge in [-0.1, -0.05) is 19.8 Å². The molecule has 3 heteroatoms. The molecule has 10 heavy (non-hydrogen) atoms. The van der Waals surface area contributed by atoms with Crippen molar-refractivity contribution in [1.29, 1.82) is 0 Å². The predicted molar refractivity (Wildman–Crippen MR) is 46.2 cm³/mol. The molecule has 0 heterocycles. The van der Waals surface area contributed by atoms with E-state index in [1.165, 1.54) is 6.42 Å². The van der Waals surface area contributed by atoms with Crippen LogP contribution in [0.1, 0.15) is 39.5 Å². The molecule has 64 valence electrons. The summed E-state index contributed by atoms with van der Waals surface area (Å²) in [5, 5.41) is 9.02. The minimum absolute atomic E-state index is 0. The second-order valence-corrected chi connectivity index (χ2v) is 2.81. The number of unbranched alkanes of at least 4 members (excludes halogenated alkanes) is 2. The zero-order chi connectivity index (χ0) is 7.33. The van der Waals surface area contributed by atoms with Crippen LogP contribution in [0, 0.1) is 0 Å². The topological polar surface area (TPSA) is 46.2 Å². The molecule has 0 amide bonds. The van der Waals surface area contributed by atoms with Gasteiger partial charge in [-0.25, -0.2) is 0 Å². The number of halogens is 1. The van der Waals surface area contributed by atoms with Crippen molar-refractivity contribution in [2.24, 2.45) is 5.73 Å². The molecule has 1 atom stereocenters. The Labute approximate surface area is 69.2 Å². The molecule has 0 rings (SSSR count). The molecule has 0 saturated carbocycles. The van der Waals surface area contributed by atoms with E-state index in [4.69, 9.17) is 10.8 Å². The normalized spacial score (nSPS) is 15.6. The van der Waals surface area contributed by atoms with Crippen LogP contribution < -0.4 is 5.73 Å². The lowest BCUT2D eigenvalue weighted by Gasteiger charge is -2.15. The van der Waals surface area contributed by atoms with Gasteiger partial charge in [0.2, 0.25) is 0 Å². The first-order chi connectivity index (χ1) is 4.06. The lowest BCUT2D eigenvalue weighted by atomic mass is 10.1. The summed E-state index contributed by atoms with van der Waals surface area (Å²) in [5.74, 6) is 0. The first-order valence-corrected chi connectivity index (χ1v) is 3.57. The fraction of sp³-hybridized carbons (Fsp3) is 1.00. The number of hydrogen-bond acceptors (Lipinski definition) is 2. The minimum Gasteiger partial charge on any atom is -0.376 e.